The van der Waals surface area contributed by atoms with Crippen LogP contribution in [0.15, 0.2) is 67.8 Å². The van der Waals surface area contributed by atoms with Gasteiger partial charge in [0.05, 0.1) is 0 Å². The number of hydrogen-bond donors (Lipinski definition) is 0. The number of benzene rings is 2. The summed E-state index contributed by atoms with van der Waals surface area (Å²) >= 11 is 0. The lowest BCUT2D eigenvalue weighted by atomic mass is 9.81. The molecule has 1 nitrogen and oxygen atoms in total. The Kier molecular flexibility index (Phi) is 9.62. The maximum Gasteiger partial charge on any atom is 0.0448 e. The molecule has 0 saturated carbocycles. The average Bonchev–Trinajstić information content (AvgIpc) is 2.75. The Bertz CT molecular complexity index is 829. The Hall–Kier alpha value is -2.28. The zero-order chi connectivity index (χ0) is 22.9. The van der Waals surface area contributed by atoms with Crippen LogP contribution in [0.1, 0.15) is 76.5 Å². The second-order valence-electron chi connectivity index (χ2n) is 10.2. The fraction of sp³-hybridized carbons (Fsp3) is 0.467. The average molecular weight is 418 g/mol. The van der Waals surface area contributed by atoms with E-state index in [9.17, 15) is 0 Å². The van der Waals surface area contributed by atoms with E-state index in [2.05, 4.69) is 101 Å². The molecular weight excluding hydrogens is 374 g/mol. The van der Waals surface area contributed by atoms with Crippen LogP contribution in [0.25, 0.3) is 5.57 Å². The predicted molar refractivity (Wildman–Crippen MR) is 140 cm³/mol. The van der Waals surface area contributed by atoms with Gasteiger partial charge >= 0.3 is 0 Å². The first-order valence-electron chi connectivity index (χ1n) is 11.9. The highest BCUT2D eigenvalue weighted by molar-refractivity contribution is 5.81. The number of allylic oxidation sites excluding steroid dienone is 2. The lowest BCUT2D eigenvalue weighted by molar-refractivity contribution is 0.292. The molecule has 0 heterocycles. The molecule has 0 unspecified atom stereocenters. The van der Waals surface area contributed by atoms with Crippen LogP contribution in [-0.2, 0) is 13.0 Å². The van der Waals surface area contributed by atoms with Crippen molar-refractivity contribution in [2.45, 2.75) is 72.8 Å². The van der Waals surface area contributed by atoms with Crippen LogP contribution in [0.4, 0.5) is 5.69 Å². The van der Waals surface area contributed by atoms with E-state index in [1.165, 1.54) is 54.5 Å². The minimum Gasteiger partial charge on any atom is -0.370 e. The second kappa shape index (κ2) is 11.9. The third-order valence-corrected chi connectivity index (χ3v) is 6.30. The van der Waals surface area contributed by atoms with Gasteiger partial charge < -0.3 is 4.90 Å². The van der Waals surface area contributed by atoms with Gasteiger partial charge in [-0.25, -0.2) is 0 Å². The van der Waals surface area contributed by atoms with Crippen molar-refractivity contribution in [1.29, 1.82) is 0 Å². The van der Waals surface area contributed by atoms with E-state index in [-0.39, 0.29) is 0 Å². The summed E-state index contributed by atoms with van der Waals surface area (Å²) < 4.78 is 0. The highest BCUT2D eigenvalue weighted by Gasteiger charge is 2.18. The smallest absolute Gasteiger partial charge is 0.0448 e. The molecule has 0 aliphatic heterocycles. The van der Waals surface area contributed by atoms with Gasteiger partial charge in [0, 0.05) is 24.8 Å². The molecule has 0 aliphatic rings. The van der Waals surface area contributed by atoms with Crippen molar-refractivity contribution >= 4 is 11.3 Å². The van der Waals surface area contributed by atoms with Crippen molar-refractivity contribution < 1.29 is 0 Å². The van der Waals surface area contributed by atoms with Crippen LogP contribution in [0.5, 0.6) is 0 Å². The molecule has 0 spiro atoms. The van der Waals surface area contributed by atoms with Crippen molar-refractivity contribution in [3.63, 3.8) is 0 Å². The number of unbranched alkanes of at least 4 members (excludes halogenated alkanes) is 1. The van der Waals surface area contributed by atoms with E-state index in [0.29, 0.717) is 5.41 Å². The maximum atomic E-state index is 4.22. The van der Waals surface area contributed by atoms with Gasteiger partial charge in [0.15, 0.2) is 0 Å². The van der Waals surface area contributed by atoms with Crippen molar-refractivity contribution in [2.75, 3.05) is 11.9 Å². The molecule has 1 heteroatoms. The number of hydrogen-bond acceptors (Lipinski definition) is 1. The van der Waals surface area contributed by atoms with Gasteiger partial charge in [-0.15, -0.1) is 0 Å². The second-order valence-corrected chi connectivity index (χ2v) is 10.2. The zero-order valence-corrected chi connectivity index (χ0v) is 20.6. The number of rotatable bonds is 13. The fourth-order valence-electron chi connectivity index (χ4n) is 4.14. The van der Waals surface area contributed by atoms with Gasteiger partial charge in [-0.1, -0.05) is 109 Å². The Balaban J connectivity index is 2.09. The van der Waals surface area contributed by atoms with E-state index in [4.69, 9.17) is 0 Å². The quantitative estimate of drug-likeness (QED) is 0.233. The van der Waals surface area contributed by atoms with E-state index in [0.717, 1.165) is 24.5 Å². The Morgan fingerprint density at radius 2 is 1.71 bits per heavy atom. The van der Waals surface area contributed by atoms with Crippen LogP contribution >= 0.6 is 0 Å². The molecule has 0 aromatic heterocycles. The summed E-state index contributed by atoms with van der Waals surface area (Å²) in [6.07, 6.45) is 9.55. The summed E-state index contributed by atoms with van der Waals surface area (Å²) in [7, 11) is 2.17. The minimum atomic E-state index is 0.385. The van der Waals surface area contributed by atoms with Gasteiger partial charge in [0.25, 0.3) is 0 Å². The molecule has 0 N–H and O–H groups in total. The van der Waals surface area contributed by atoms with E-state index in [1.807, 2.05) is 6.08 Å². The molecule has 168 valence electrons. The first-order chi connectivity index (χ1) is 14.7. The van der Waals surface area contributed by atoms with Crippen LogP contribution < -0.4 is 4.90 Å². The highest BCUT2D eigenvalue weighted by Crippen LogP contribution is 2.33. The third kappa shape index (κ3) is 8.40. The van der Waals surface area contributed by atoms with E-state index in [1.54, 1.807) is 0 Å². The molecule has 2 rings (SSSR count). The molecular formula is C30H43N. The molecule has 0 saturated heterocycles. The first kappa shape index (κ1) is 25.0. The number of aryl methyl sites for hydroxylation is 1. The normalized spacial score (nSPS) is 11.5. The molecule has 0 bridgehead atoms. The van der Waals surface area contributed by atoms with E-state index < -0.39 is 0 Å². The Labute approximate surface area is 191 Å². The monoisotopic (exact) mass is 417 g/mol. The molecule has 2 aromatic rings. The van der Waals surface area contributed by atoms with Gasteiger partial charge in [-0.3, -0.25) is 0 Å². The van der Waals surface area contributed by atoms with Crippen LogP contribution in [0.2, 0.25) is 0 Å². The highest BCUT2D eigenvalue weighted by atomic mass is 15.1. The maximum absolute atomic E-state index is 4.22. The SMILES string of the molecule is C=CC(=C)c1ccc(CCC(C)(C)CCCCC(C)C)cc1N(C)Cc1ccccc1. The standard InChI is InChI=1S/C30H43N/c1-8-25(4)28-18-17-26(19-21-30(5,6)20-13-12-14-24(2)3)22-29(28)31(7)23-27-15-10-9-11-16-27/h8-11,15-18,22,24H,1,4,12-14,19-21,23H2,2-3,5-7H3. The third-order valence-electron chi connectivity index (χ3n) is 6.30. The summed E-state index contributed by atoms with van der Waals surface area (Å²) in [5.74, 6) is 0.818. The van der Waals surface area contributed by atoms with E-state index >= 15 is 0 Å². The molecule has 0 amide bonds. The number of nitrogens with zero attached hydrogens (tertiary/aromatic N) is 1. The summed E-state index contributed by atoms with van der Waals surface area (Å²) in [6, 6.07) is 17.5. The summed E-state index contributed by atoms with van der Waals surface area (Å²) in [6.45, 7) is 18.5. The molecule has 0 fully saturated rings. The molecule has 0 radical (unpaired) electrons. The summed E-state index contributed by atoms with van der Waals surface area (Å²) in [5.41, 5.74) is 6.49. The molecule has 0 atom stereocenters. The van der Waals surface area contributed by atoms with Crippen molar-refractivity contribution in [2.24, 2.45) is 11.3 Å². The summed E-state index contributed by atoms with van der Waals surface area (Å²) in [5, 5.41) is 0. The lowest BCUT2D eigenvalue weighted by Gasteiger charge is -2.26. The predicted octanol–water partition coefficient (Wildman–Crippen LogP) is 8.70. The van der Waals surface area contributed by atoms with Gasteiger partial charge in [-0.05, 0) is 53.4 Å². The van der Waals surface area contributed by atoms with Crippen LogP contribution in [0, 0.1) is 11.3 Å². The Morgan fingerprint density at radius 1 is 1.00 bits per heavy atom. The Morgan fingerprint density at radius 3 is 2.35 bits per heavy atom. The largest absolute Gasteiger partial charge is 0.370 e. The molecule has 2 aromatic carbocycles. The lowest BCUT2D eigenvalue weighted by Crippen LogP contribution is -2.18. The van der Waals surface area contributed by atoms with Crippen molar-refractivity contribution in [3.05, 3.63) is 84.5 Å². The zero-order valence-electron chi connectivity index (χ0n) is 20.6. The molecule has 31 heavy (non-hydrogen) atoms. The van der Waals surface area contributed by atoms with Crippen LogP contribution in [0.3, 0.4) is 0 Å². The number of anilines is 1. The van der Waals surface area contributed by atoms with Gasteiger partial charge in [-0.2, -0.15) is 0 Å². The fourth-order valence-corrected chi connectivity index (χ4v) is 4.14. The van der Waals surface area contributed by atoms with Gasteiger partial charge in [0.1, 0.15) is 0 Å². The minimum absolute atomic E-state index is 0.385. The van der Waals surface area contributed by atoms with Crippen molar-refractivity contribution in [1.82, 2.24) is 0 Å². The summed E-state index contributed by atoms with van der Waals surface area (Å²) in [4.78, 5) is 2.33. The van der Waals surface area contributed by atoms with Crippen LogP contribution in [-0.4, -0.2) is 7.05 Å². The first-order valence-corrected chi connectivity index (χ1v) is 11.9. The topological polar surface area (TPSA) is 3.24 Å². The van der Waals surface area contributed by atoms with Crippen molar-refractivity contribution in [3.8, 4) is 0 Å². The molecule has 0 aliphatic carbocycles. The van der Waals surface area contributed by atoms with Gasteiger partial charge in [0.2, 0.25) is 0 Å².